The van der Waals surface area contributed by atoms with Crippen LogP contribution in [0.4, 0.5) is 17.3 Å². The van der Waals surface area contributed by atoms with Gasteiger partial charge in [0, 0.05) is 5.69 Å². The smallest absolute Gasteiger partial charge is 0.220 e. The zero-order valence-corrected chi connectivity index (χ0v) is 7.88. The summed E-state index contributed by atoms with van der Waals surface area (Å²) >= 11 is 0. The van der Waals surface area contributed by atoms with Gasteiger partial charge in [-0.2, -0.15) is 0 Å². The molecule has 4 N–H and O–H groups in total. The normalized spacial score (nSPS) is 9.87. The Morgan fingerprint density at radius 2 is 1.60 bits per heavy atom. The third-order valence-electron chi connectivity index (χ3n) is 1.83. The Hall–Kier alpha value is -2.30. The van der Waals surface area contributed by atoms with E-state index in [2.05, 4.69) is 15.3 Å². The fourth-order valence-corrected chi connectivity index (χ4v) is 1.11. The monoisotopic (exact) mass is 202 g/mol. The molecule has 76 valence electrons. The number of aromatic hydroxyl groups is 1. The number of benzene rings is 1. The number of anilines is 3. The van der Waals surface area contributed by atoms with Crippen LogP contribution >= 0.6 is 0 Å². The predicted molar refractivity (Wildman–Crippen MR) is 57.8 cm³/mol. The molecule has 0 spiro atoms. The molecule has 0 aliphatic heterocycles. The summed E-state index contributed by atoms with van der Waals surface area (Å²) in [6.45, 7) is 0. The van der Waals surface area contributed by atoms with E-state index in [4.69, 9.17) is 10.8 Å². The highest BCUT2D eigenvalue weighted by Gasteiger charge is 1.95. The number of rotatable bonds is 2. The van der Waals surface area contributed by atoms with Gasteiger partial charge in [0.25, 0.3) is 0 Å². The van der Waals surface area contributed by atoms with Crippen LogP contribution in [0.25, 0.3) is 0 Å². The summed E-state index contributed by atoms with van der Waals surface area (Å²) in [6.07, 6.45) is 3.18. The summed E-state index contributed by atoms with van der Waals surface area (Å²) < 4.78 is 0. The second-order valence-corrected chi connectivity index (χ2v) is 3.00. The highest BCUT2D eigenvalue weighted by molar-refractivity contribution is 5.58. The molecule has 0 saturated heterocycles. The van der Waals surface area contributed by atoms with Gasteiger partial charge in [-0.3, -0.25) is 0 Å². The summed E-state index contributed by atoms with van der Waals surface area (Å²) in [7, 11) is 0. The minimum Gasteiger partial charge on any atom is -0.508 e. The Morgan fingerprint density at radius 1 is 1.00 bits per heavy atom. The molecule has 0 amide bonds. The molecule has 0 saturated carbocycles. The molecule has 1 heterocycles. The maximum atomic E-state index is 9.09. The summed E-state index contributed by atoms with van der Waals surface area (Å²) in [4.78, 5) is 7.70. The minimum atomic E-state index is 0.231. The van der Waals surface area contributed by atoms with Crippen molar-refractivity contribution in [1.29, 1.82) is 0 Å². The number of nitrogens with one attached hydrogen (secondary N) is 1. The number of aromatic nitrogens is 2. The number of hydrogen-bond acceptors (Lipinski definition) is 5. The molecule has 5 heteroatoms. The molecule has 1 aromatic heterocycles. The van der Waals surface area contributed by atoms with E-state index in [-0.39, 0.29) is 11.7 Å². The van der Waals surface area contributed by atoms with Crippen LogP contribution in [0, 0.1) is 0 Å². The van der Waals surface area contributed by atoms with Crippen molar-refractivity contribution in [3.8, 4) is 5.75 Å². The van der Waals surface area contributed by atoms with E-state index in [1.165, 1.54) is 0 Å². The molecule has 0 aliphatic carbocycles. The van der Waals surface area contributed by atoms with E-state index in [1.807, 2.05) is 0 Å². The van der Waals surface area contributed by atoms with Crippen molar-refractivity contribution in [2.75, 3.05) is 11.1 Å². The molecular weight excluding hydrogens is 192 g/mol. The maximum absolute atomic E-state index is 9.09. The average molecular weight is 202 g/mol. The quantitative estimate of drug-likeness (QED) is 0.643. The van der Waals surface area contributed by atoms with Crippen LogP contribution in [0.5, 0.6) is 5.75 Å². The summed E-state index contributed by atoms with van der Waals surface area (Å²) in [6, 6.07) is 6.71. The minimum absolute atomic E-state index is 0.231. The summed E-state index contributed by atoms with van der Waals surface area (Å²) in [5, 5.41) is 12.2. The van der Waals surface area contributed by atoms with Crippen molar-refractivity contribution >= 4 is 17.3 Å². The van der Waals surface area contributed by atoms with Crippen molar-refractivity contribution in [2.45, 2.75) is 0 Å². The van der Waals surface area contributed by atoms with Crippen molar-refractivity contribution < 1.29 is 5.11 Å². The number of phenols is 1. The molecule has 0 radical (unpaired) electrons. The molecule has 0 bridgehead atoms. The number of nitrogens with zero attached hydrogens (tertiary/aromatic N) is 2. The van der Waals surface area contributed by atoms with Crippen molar-refractivity contribution in [2.24, 2.45) is 0 Å². The van der Waals surface area contributed by atoms with E-state index in [0.717, 1.165) is 11.4 Å². The highest BCUT2D eigenvalue weighted by Crippen LogP contribution is 2.17. The van der Waals surface area contributed by atoms with E-state index in [1.54, 1.807) is 36.7 Å². The Bertz CT molecular complexity index is 394. The third-order valence-corrected chi connectivity index (χ3v) is 1.83. The summed E-state index contributed by atoms with van der Waals surface area (Å²) in [5.41, 5.74) is 6.95. The van der Waals surface area contributed by atoms with Crippen molar-refractivity contribution in [1.82, 2.24) is 9.97 Å². The first kappa shape index (κ1) is 9.26. The van der Waals surface area contributed by atoms with Crippen molar-refractivity contribution in [3.05, 3.63) is 36.7 Å². The molecule has 0 fully saturated rings. The Kier molecular flexibility index (Phi) is 2.37. The maximum Gasteiger partial charge on any atom is 0.220 e. The lowest BCUT2D eigenvalue weighted by Gasteiger charge is -2.05. The van der Waals surface area contributed by atoms with Gasteiger partial charge in [0.1, 0.15) is 5.75 Å². The molecule has 2 rings (SSSR count). The van der Waals surface area contributed by atoms with Crippen LogP contribution in [-0.2, 0) is 0 Å². The van der Waals surface area contributed by atoms with Gasteiger partial charge in [0.2, 0.25) is 5.95 Å². The zero-order chi connectivity index (χ0) is 10.7. The lowest BCUT2D eigenvalue weighted by molar-refractivity contribution is 0.475. The van der Waals surface area contributed by atoms with Gasteiger partial charge in [0.15, 0.2) is 0 Å². The van der Waals surface area contributed by atoms with Crippen LogP contribution < -0.4 is 11.1 Å². The molecule has 15 heavy (non-hydrogen) atoms. The van der Waals surface area contributed by atoms with E-state index < -0.39 is 0 Å². The third kappa shape index (κ3) is 2.34. The Morgan fingerprint density at radius 3 is 2.20 bits per heavy atom. The number of nitrogen functional groups attached to an aromatic ring is 1. The lowest BCUT2D eigenvalue weighted by atomic mass is 10.3. The molecule has 1 aromatic carbocycles. The second-order valence-electron chi connectivity index (χ2n) is 3.00. The van der Waals surface area contributed by atoms with Gasteiger partial charge in [-0.15, -0.1) is 0 Å². The van der Waals surface area contributed by atoms with Gasteiger partial charge < -0.3 is 16.2 Å². The average Bonchev–Trinajstić information content (AvgIpc) is 2.25. The van der Waals surface area contributed by atoms with Crippen molar-refractivity contribution in [3.63, 3.8) is 0 Å². The van der Waals surface area contributed by atoms with Gasteiger partial charge in [-0.05, 0) is 24.3 Å². The largest absolute Gasteiger partial charge is 0.508 e. The van der Waals surface area contributed by atoms with Gasteiger partial charge in [-0.1, -0.05) is 0 Å². The lowest BCUT2D eigenvalue weighted by Crippen LogP contribution is -1.96. The highest BCUT2D eigenvalue weighted by atomic mass is 16.3. The van der Waals surface area contributed by atoms with E-state index in [9.17, 15) is 0 Å². The van der Waals surface area contributed by atoms with E-state index >= 15 is 0 Å². The first-order valence-electron chi connectivity index (χ1n) is 4.37. The number of hydrogen-bond donors (Lipinski definition) is 3. The van der Waals surface area contributed by atoms with Crippen LogP contribution in [-0.4, -0.2) is 15.1 Å². The number of nitrogens with two attached hydrogens (primary N) is 1. The van der Waals surface area contributed by atoms with E-state index in [0.29, 0.717) is 0 Å². The van der Waals surface area contributed by atoms with Crippen LogP contribution in [0.15, 0.2) is 36.7 Å². The molecular formula is C10H10N4O. The predicted octanol–water partition coefficient (Wildman–Crippen LogP) is 1.51. The fourth-order valence-electron chi connectivity index (χ4n) is 1.11. The molecule has 0 unspecified atom stereocenters. The standard InChI is InChI=1S/C10H10N4O/c11-10-12-5-8(6-13-10)14-7-1-3-9(15)4-2-7/h1-6,14-15H,(H2,11,12,13). The van der Waals surface area contributed by atoms with Gasteiger partial charge in [-0.25, -0.2) is 9.97 Å². The number of phenolic OH excluding ortho intramolecular Hbond substituents is 1. The molecule has 2 aromatic rings. The molecule has 5 nitrogen and oxygen atoms in total. The first-order valence-corrected chi connectivity index (χ1v) is 4.37. The fraction of sp³-hybridized carbons (Fsp3) is 0. The second kappa shape index (κ2) is 3.83. The molecule has 0 atom stereocenters. The SMILES string of the molecule is Nc1ncc(Nc2ccc(O)cc2)cn1. The zero-order valence-electron chi connectivity index (χ0n) is 7.88. The van der Waals surface area contributed by atoms with Crippen LogP contribution in [0.3, 0.4) is 0 Å². The summed E-state index contributed by atoms with van der Waals surface area (Å²) in [5.74, 6) is 0.473. The Labute approximate surface area is 86.6 Å². The van der Waals surface area contributed by atoms with Crippen LogP contribution in [0.1, 0.15) is 0 Å². The molecule has 0 aliphatic rings. The Balaban J connectivity index is 2.15. The van der Waals surface area contributed by atoms with Crippen LogP contribution in [0.2, 0.25) is 0 Å². The van der Waals surface area contributed by atoms with Gasteiger partial charge in [0.05, 0.1) is 18.1 Å². The topological polar surface area (TPSA) is 84.1 Å². The first-order chi connectivity index (χ1) is 7.24. The van der Waals surface area contributed by atoms with Gasteiger partial charge >= 0.3 is 0 Å².